The van der Waals surface area contributed by atoms with E-state index in [9.17, 15) is 4.79 Å². The van der Waals surface area contributed by atoms with Gasteiger partial charge in [0.2, 0.25) is 5.91 Å². The Morgan fingerprint density at radius 3 is 2.45 bits per heavy atom. The molecule has 0 spiro atoms. The largest absolute Gasteiger partial charge is 0.326 e. The van der Waals surface area contributed by atoms with Gasteiger partial charge in [0.15, 0.2) is 0 Å². The summed E-state index contributed by atoms with van der Waals surface area (Å²) in [6.07, 6.45) is 6.82. The van der Waals surface area contributed by atoms with E-state index in [-0.39, 0.29) is 5.91 Å². The van der Waals surface area contributed by atoms with Crippen molar-refractivity contribution in [3.05, 3.63) is 24.3 Å². The molecule has 1 N–H and O–H groups in total. The number of hydrogen-bond donors (Lipinski definition) is 1. The van der Waals surface area contributed by atoms with Crippen LogP contribution in [0.15, 0.2) is 29.2 Å². The molecule has 0 heterocycles. The number of rotatable bonds is 5. The lowest BCUT2D eigenvalue weighted by atomic mass is 9.77. The highest BCUT2D eigenvalue weighted by Crippen LogP contribution is 2.42. The van der Waals surface area contributed by atoms with Crippen molar-refractivity contribution in [2.24, 2.45) is 5.41 Å². The lowest BCUT2D eigenvalue weighted by molar-refractivity contribution is -0.114. The first-order valence-electron chi connectivity index (χ1n) is 7.20. The molecule has 1 aliphatic rings. The second-order valence-corrected chi connectivity index (χ2v) is 7.30. The van der Waals surface area contributed by atoms with Gasteiger partial charge in [-0.1, -0.05) is 35.2 Å². The zero-order valence-electron chi connectivity index (χ0n) is 12.0. The van der Waals surface area contributed by atoms with Crippen molar-refractivity contribution in [1.82, 2.24) is 0 Å². The van der Waals surface area contributed by atoms with Crippen molar-refractivity contribution in [3.63, 3.8) is 0 Å². The van der Waals surface area contributed by atoms with Crippen LogP contribution in [0.2, 0.25) is 0 Å². The Morgan fingerprint density at radius 1 is 1.25 bits per heavy atom. The van der Waals surface area contributed by atoms with Crippen molar-refractivity contribution in [2.75, 3.05) is 16.4 Å². The Bertz CT molecular complexity index is 440. The van der Waals surface area contributed by atoms with E-state index in [1.54, 1.807) is 0 Å². The minimum atomic E-state index is -0.0224. The first kappa shape index (κ1) is 15.9. The molecular formula is C16H22BrNOS. The van der Waals surface area contributed by atoms with Crippen molar-refractivity contribution in [1.29, 1.82) is 0 Å². The average molecular weight is 356 g/mol. The first-order valence-corrected chi connectivity index (χ1v) is 9.31. The summed E-state index contributed by atoms with van der Waals surface area (Å²) in [5.74, 6) is 1.16. The number of thioether (sulfide) groups is 1. The molecule has 2 rings (SSSR count). The molecule has 1 amide bonds. The molecule has 0 bridgehead atoms. The quantitative estimate of drug-likeness (QED) is 0.589. The molecule has 2 nitrogen and oxygen atoms in total. The Hall–Kier alpha value is -0.480. The molecule has 1 saturated carbocycles. The van der Waals surface area contributed by atoms with Crippen molar-refractivity contribution >= 4 is 39.3 Å². The highest BCUT2D eigenvalue weighted by molar-refractivity contribution is 9.09. The molecular weight excluding hydrogens is 334 g/mol. The predicted molar refractivity (Wildman–Crippen MR) is 90.8 cm³/mol. The maximum absolute atomic E-state index is 11.0. The van der Waals surface area contributed by atoms with Crippen LogP contribution in [0.3, 0.4) is 0 Å². The molecule has 1 aliphatic carbocycles. The fraction of sp³-hybridized carbons (Fsp3) is 0.562. The van der Waals surface area contributed by atoms with Crippen molar-refractivity contribution in [3.8, 4) is 0 Å². The van der Waals surface area contributed by atoms with Gasteiger partial charge in [-0.15, -0.1) is 11.8 Å². The normalized spacial score (nSPS) is 17.7. The van der Waals surface area contributed by atoms with Crippen LogP contribution >= 0.6 is 27.7 Å². The summed E-state index contributed by atoms with van der Waals surface area (Å²) in [4.78, 5) is 12.3. The number of amides is 1. The highest BCUT2D eigenvalue weighted by Gasteiger charge is 2.30. The summed E-state index contributed by atoms with van der Waals surface area (Å²) in [5.41, 5.74) is 1.34. The average Bonchev–Trinajstić information content (AvgIpc) is 2.47. The molecule has 0 radical (unpaired) electrons. The van der Waals surface area contributed by atoms with Gasteiger partial charge >= 0.3 is 0 Å². The lowest BCUT2D eigenvalue weighted by Gasteiger charge is -2.35. The number of benzene rings is 1. The van der Waals surface area contributed by atoms with Crippen molar-refractivity contribution < 1.29 is 4.79 Å². The topological polar surface area (TPSA) is 29.1 Å². The van der Waals surface area contributed by atoms with E-state index >= 15 is 0 Å². The molecule has 1 aromatic rings. The maximum Gasteiger partial charge on any atom is 0.221 e. The van der Waals surface area contributed by atoms with E-state index in [1.165, 1.54) is 49.7 Å². The summed E-state index contributed by atoms with van der Waals surface area (Å²) < 4.78 is 0. The lowest BCUT2D eigenvalue weighted by Crippen LogP contribution is -2.28. The molecule has 1 fully saturated rings. The van der Waals surface area contributed by atoms with Crippen molar-refractivity contribution in [2.45, 2.75) is 43.9 Å². The number of carbonyl (C=O) groups is 1. The first-order chi connectivity index (χ1) is 9.63. The van der Waals surface area contributed by atoms with Gasteiger partial charge < -0.3 is 5.32 Å². The summed E-state index contributed by atoms with van der Waals surface area (Å²) in [5, 5.41) is 3.91. The van der Waals surface area contributed by atoms with Gasteiger partial charge in [0.05, 0.1) is 0 Å². The number of nitrogens with one attached hydrogen (secondary N) is 1. The monoisotopic (exact) mass is 355 g/mol. The Balaban J connectivity index is 1.91. The second-order valence-electron chi connectivity index (χ2n) is 5.69. The van der Waals surface area contributed by atoms with Gasteiger partial charge in [-0.3, -0.25) is 4.79 Å². The second kappa shape index (κ2) is 7.51. The van der Waals surface area contributed by atoms with Crippen LogP contribution in [-0.2, 0) is 4.79 Å². The van der Waals surface area contributed by atoms with E-state index < -0.39 is 0 Å². The van der Waals surface area contributed by atoms with Gasteiger partial charge in [-0.25, -0.2) is 0 Å². The summed E-state index contributed by atoms with van der Waals surface area (Å²) in [6.45, 7) is 1.53. The molecule has 4 heteroatoms. The summed E-state index contributed by atoms with van der Waals surface area (Å²) in [6, 6.07) is 8.15. The third kappa shape index (κ3) is 4.52. The minimum absolute atomic E-state index is 0.0224. The van der Waals surface area contributed by atoms with E-state index in [0.717, 1.165) is 11.0 Å². The van der Waals surface area contributed by atoms with Crippen LogP contribution < -0.4 is 5.32 Å². The third-order valence-corrected chi connectivity index (χ3v) is 6.47. The fourth-order valence-corrected chi connectivity index (χ4v) is 4.91. The SMILES string of the molecule is CC(=O)Nc1ccc(SCC2(CBr)CCCCC2)cc1. The summed E-state index contributed by atoms with van der Waals surface area (Å²) >= 11 is 5.65. The third-order valence-electron chi connectivity index (χ3n) is 3.92. The molecule has 20 heavy (non-hydrogen) atoms. The van der Waals surface area contributed by atoms with Gasteiger partial charge in [0.25, 0.3) is 0 Å². The van der Waals surface area contributed by atoms with Crippen LogP contribution in [0.5, 0.6) is 0 Å². The molecule has 0 aliphatic heterocycles. The highest BCUT2D eigenvalue weighted by atomic mass is 79.9. The van der Waals surface area contributed by atoms with Crippen LogP contribution in [-0.4, -0.2) is 17.0 Å². The summed E-state index contributed by atoms with van der Waals surface area (Å²) in [7, 11) is 0. The van der Waals surface area contributed by atoms with E-state index in [0.29, 0.717) is 5.41 Å². The zero-order chi connectivity index (χ0) is 14.4. The molecule has 0 saturated heterocycles. The number of hydrogen-bond acceptors (Lipinski definition) is 2. The molecule has 0 atom stereocenters. The van der Waals surface area contributed by atoms with Gasteiger partial charge in [0, 0.05) is 28.6 Å². The molecule has 0 aromatic heterocycles. The number of anilines is 1. The van der Waals surface area contributed by atoms with E-state index in [1.807, 2.05) is 23.9 Å². The van der Waals surface area contributed by atoms with Gasteiger partial charge in [0.1, 0.15) is 0 Å². The van der Waals surface area contributed by atoms with Gasteiger partial charge in [-0.05, 0) is 42.5 Å². The van der Waals surface area contributed by atoms with E-state index in [4.69, 9.17) is 0 Å². The van der Waals surface area contributed by atoms with Crippen LogP contribution in [0.25, 0.3) is 0 Å². The predicted octanol–water partition coefficient (Wildman–Crippen LogP) is 5.08. The smallest absolute Gasteiger partial charge is 0.221 e. The fourth-order valence-electron chi connectivity index (χ4n) is 2.69. The molecule has 1 aromatic carbocycles. The van der Waals surface area contributed by atoms with Crippen LogP contribution in [0.4, 0.5) is 5.69 Å². The standard InChI is InChI=1S/C16H22BrNOS/c1-13(19)18-14-5-7-15(8-6-14)20-12-16(11-17)9-3-2-4-10-16/h5-8H,2-4,9-12H2,1H3,(H,18,19). The number of carbonyl (C=O) groups excluding carboxylic acids is 1. The zero-order valence-corrected chi connectivity index (χ0v) is 14.4. The maximum atomic E-state index is 11.0. The molecule has 0 unspecified atom stereocenters. The number of halogens is 1. The van der Waals surface area contributed by atoms with Gasteiger partial charge in [-0.2, -0.15) is 0 Å². The Kier molecular flexibility index (Phi) is 5.97. The minimum Gasteiger partial charge on any atom is -0.326 e. The van der Waals surface area contributed by atoms with Crippen LogP contribution in [0.1, 0.15) is 39.0 Å². The molecule has 110 valence electrons. The Morgan fingerprint density at radius 2 is 1.90 bits per heavy atom. The van der Waals surface area contributed by atoms with E-state index in [2.05, 4.69) is 33.4 Å². The van der Waals surface area contributed by atoms with Crippen LogP contribution in [0, 0.1) is 5.41 Å². The Labute approximate surface area is 134 Å². The number of alkyl halides is 1.